The van der Waals surface area contributed by atoms with Gasteiger partial charge < -0.3 is 24.6 Å². The van der Waals surface area contributed by atoms with Gasteiger partial charge in [-0.25, -0.2) is 16.3 Å². The number of halogens is 1. The summed E-state index contributed by atoms with van der Waals surface area (Å²) in [6, 6.07) is 4.53. The van der Waals surface area contributed by atoms with Gasteiger partial charge in [-0.15, -0.1) is 0 Å². The largest absolute Gasteiger partial charge is 0.483 e. The van der Waals surface area contributed by atoms with Crippen LogP contribution in [0.25, 0.3) is 15.7 Å². The second-order valence-electron chi connectivity index (χ2n) is 9.43. The number of hydrogen-bond donors (Lipinski definition) is 2. The molecule has 2 aromatic heterocycles. The summed E-state index contributed by atoms with van der Waals surface area (Å²) in [7, 11) is 0. The van der Waals surface area contributed by atoms with Crippen molar-refractivity contribution in [2.24, 2.45) is 0 Å². The second-order valence-corrected chi connectivity index (χ2v) is 9.84. The number of anilines is 2. The van der Waals surface area contributed by atoms with E-state index < -0.39 is 17.7 Å². The van der Waals surface area contributed by atoms with Crippen LogP contribution in [0.15, 0.2) is 23.0 Å². The van der Waals surface area contributed by atoms with Gasteiger partial charge in [0.1, 0.15) is 18.2 Å². The highest BCUT2D eigenvalue weighted by molar-refractivity contribution is 6.32. The average molecular weight is 524 g/mol. The van der Waals surface area contributed by atoms with Crippen LogP contribution in [0.2, 0.25) is 5.02 Å². The third kappa shape index (κ3) is 4.89. The number of nitrogens with zero attached hydrogens (tertiary/aromatic N) is 5. The Labute approximate surface area is 218 Å². The molecule has 3 aromatic rings. The van der Waals surface area contributed by atoms with Crippen molar-refractivity contribution in [1.29, 1.82) is 0 Å². The van der Waals surface area contributed by atoms with Crippen molar-refractivity contribution in [3.05, 3.63) is 56.4 Å². The predicted molar refractivity (Wildman–Crippen MR) is 138 cm³/mol. The summed E-state index contributed by atoms with van der Waals surface area (Å²) in [5.41, 5.74) is 0.287. The Morgan fingerprint density at radius 3 is 2.81 bits per heavy atom. The van der Waals surface area contributed by atoms with E-state index >= 15 is 0 Å². The van der Waals surface area contributed by atoms with E-state index in [0.717, 1.165) is 18.2 Å². The molecule has 2 atom stereocenters. The van der Waals surface area contributed by atoms with Crippen LogP contribution < -0.4 is 20.5 Å². The molecule has 0 unspecified atom stereocenters. The number of hydrogen-bond acceptors (Lipinski definition) is 8. The first-order chi connectivity index (χ1) is 17.7. The standard InChI is InChI=1S/C25H26ClN7O4/c1-5-16-11-36-24(35)33(16)23-30-14(3)29-22(32-23)28-13(2)17-8-15-9-18(26)20(10-19(15)31-21(17)34)37-12-25(27-4)6-7-25/h8-10,13,16H,5-7,11-12H2,1-3H3,(H,31,34)(H,28,29,30,32)/t13-,16-/m0/s1. The zero-order valence-corrected chi connectivity index (χ0v) is 21.4. The molecule has 0 spiro atoms. The summed E-state index contributed by atoms with van der Waals surface area (Å²) in [6.07, 6.45) is 1.83. The van der Waals surface area contributed by atoms with Gasteiger partial charge in [-0.2, -0.15) is 15.0 Å². The van der Waals surface area contributed by atoms with Crippen LogP contribution in [-0.2, 0) is 4.74 Å². The Balaban J connectivity index is 1.39. The van der Waals surface area contributed by atoms with Gasteiger partial charge >= 0.3 is 6.09 Å². The molecule has 12 heteroatoms. The van der Waals surface area contributed by atoms with Gasteiger partial charge in [0.05, 0.1) is 22.6 Å². The first kappa shape index (κ1) is 24.8. The molecule has 1 aliphatic carbocycles. The lowest BCUT2D eigenvalue weighted by atomic mass is 10.1. The van der Waals surface area contributed by atoms with E-state index in [2.05, 4.69) is 30.1 Å². The smallest absolute Gasteiger partial charge is 0.417 e. The lowest BCUT2D eigenvalue weighted by Crippen LogP contribution is -2.35. The molecule has 3 heterocycles. The Hall–Kier alpha value is -3.91. The minimum Gasteiger partial charge on any atom is -0.483 e. The van der Waals surface area contributed by atoms with Gasteiger partial charge in [-0.1, -0.05) is 18.5 Å². The quantitative estimate of drug-likeness (QED) is 0.416. The number of aromatic nitrogens is 4. The van der Waals surface area contributed by atoms with Crippen LogP contribution in [0.3, 0.4) is 0 Å². The third-order valence-electron chi connectivity index (χ3n) is 6.68. The van der Waals surface area contributed by atoms with Crippen LogP contribution in [-0.4, -0.2) is 50.8 Å². The highest BCUT2D eigenvalue weighted by Crippen LogP contribution is 2.41. The summed E-state index contributed by atoms with van der Waals surface area (Å²) in [6.45, 7) is 13.3. The van der Waals surface area contributed by atoms with E-state index in [1.165, 1.54) is 4.90 Å². The summed E-state index contributed by atoms with van der Waals surface area (Å²) in [5.74, 6) is 1.29. The minimum absolute atomic E-state index is 0.155. The van der Waals surface area contributed by atoms with Crippen molar-refractivity contribution in [3.63, 3.8) is 0 Å². The maximum Gasteiger partial charge on any atom is 0.417 e. The molecule has 37 heavy (non-hydrogen) atoms. The van der Waals surface area contributed by atoms with Crippen molar-refractivity contribution in [1.82, 2.24) is 19.9 Å². The molecule has 1 aromatic carbocycles. The van der Waals surface area contributed by atoms with Crippen molar-refractivity contribution in [2.45, 2.75) is 57.7 Å². The maximum atomic E-state index is 13.0. The SMILES string of the molecule is [C-]#[N+]C1(COc2cc3[nH]c(=O)c([C@H](C)Nc4nc(C)nc(N5C(=O)OC[C@@H]5CC)n4)cc3cc2Cl)CC1. The number of amides is 1. The van der Waals surface area contributed by atoms with E-state index in [1.807, 2.05) is 13.8 Å². The molecule has 1 aliphatic heterocycles. The first-order valence-electron chi connectivity index (χ1n) is 12.0. The van der Waals surface area contributed by atoms with Gasteiger partial charge in [0.25, 0.3) is 11.1 Å². The first-order valence-corrected chi connectivity index (χ1v) is 12.4. The van der Waals surface area contributed by atoms with Gasteiger partial charge in [0.2, 0.25) is 11.9 Å². The maximum absolute atomic E-state index is 13.0. The molecule has 11 nitrogen and oxygen atoms in total. The van der Waals surface area contributed by atoms with E-state index in [4.69, 9.17) is 27.6 Å². The zero-order chi connectivity index (χ0) is 26.3. The average Bonchev–Trinajstić information content (AvgIpc) is 3.55. The second kappa shape index (κ2) is 9.52. The van der Waals surface area contributed by atoms with Gasteiger partial charge in [-0.05, 0) is 32.4 Å². The van der Waals surface area contributed by atoms with Gasteiger partial charge in [-0.3, -0.25) is 4.79 Å². The fourth-order valence-electron chi connectivity index (χ4n) is 4.22. The summed E-state index contributed by atoms with van der Waals surface area (Å²) in [4.78, 5) is 46.2. The number of rotatable bonds is 8. The Morgan fingerprint density at radius 1 is 1.32 bits per heavy atom. The highest BCUT2D eigenvalue weighted by atomic mass is 35.5. The van der Waals surface area contributed by atoms with Crippen LogP contribution >= 0.6 is 11.6 Å². The van der Waals surface area contributed by atoms with E-state index in [9.17, 15) is 9.59 Å². The van der Waals surface area contributed by atoms with Crippen LogP contribution in [0.4, 0.5) is 16.7 Å². The summed E-state index contributed by atoms with van der Waals surface area (Å²) in [5, 5.41) is 4.27. The molecular formula is C25H26ClN7O4. The Morgan fingerprint density at radius 2 is 2.11 bits per heavy atom. The molecule has 1 amide bonds. The number of carbonyl (C=O) groups is 1. The molecule has 0 bridgehead atoms. The minimum atomic E-state index is -0.496. The fraction of sp³-hybridized carbons (Fsp3) is 0.440. The molecule has 1 saturated carbocycles. The molecule has 1 saturated heterocycles. The fourth-order valence-corrected chi connectivity index (χ4v) is 4.45. The number of nitrogens with one attached hydrogen (secondary N) is 2. The number of ether oxygens (including phenoxy) is 2. The number of fused-ring (bicyclic) bond motifs is 1. The Kier molecular flexibility index (Phi) is 6.37. The van der Waals surface area contributed by atoms with E-state index in [-0.39, 0.29) is 36.7 Å². The number of aryl methyl sites for hydroxylation is 1. The lowest BCUT2D eigenvalue weighted by Gasteiger charge is -2.20. The molecule has 2 fully saturated rings. The number of carbonyl (C=O) groups excluding carboxylic acids is 1. The number of cyclic esters (lactones) is 1. The summed E-state index contributed by atoms with van der Waals surface area (Å²) >= 11 is 6.45. The Bertz CT molecular complexity index is 1480. The van der Waals surface area contributed by atoms with Crippen molar-refractivity contribution in [2.75, 3.05) is 23.4 Å². The van der Waals surface area contributed by atoms with Gasteiger partial charge in [0, 0.05) is 29.9 Å². The zero-order valence-electron chi connectivity index (χ0n) is 20.7. The van der Waals surface area contributed by atoms with E-state index in [0.29, 0.717) is 34.1 Å². The third-order valence-corrected chi connectivity index (χ3v) is 6.98. The normalized spacial score (nSPS) is 18.8. The highest BCUT2D eigenvalue weighted by Gasteiger charge is 2.52. The van der Waals surface area contributed by atoms with Crippen LogP contribution in [0, 0.1) is 13.5 Å². The number of pyridine rings is 1. The molecule has 0 radical (unpaired) electrons. The number of H-pyrrole nitrogens is 1. The molecular weight excluding hydrogens is 498 g/mol. The molecule has 5 rings (SSSR count). The van der Waals surface area contributed by atoms with Gasteiger partial charge in [0.15, 0.2) is 6.61 Å². The van der Waals surface area contributed by atoms with Crippen LogP contribution in [0.1, 0.15) is 50.5 Å². The monoisotopic (exact) mass is 523 g/mol. The van der Waals surface area contributed by atoms with Crippen molar-refractivity contribution < 1.29 is 14.3 Å². The molecule has 2 N–H and O–H groups in total. The molecule has 192 valence electrons. The topological polar surface area (TPSA) is 127 Å². The van der Waals surface area contributed by atoms with Crippen molar-refractivity contribution in [3.8, 4) is 5.75 Å². The van der Waals surface area contributed by atoms with Crippen molar-refractivity contribution >= 4 is 40.5 Å². The van der Waals surface area contributed by atoms with Crippen LogP contribution in [0.5, 0.6) is 5.75 Å². The molecule has 2 aliphatic rings. The number of benzene rings is 1. The predicted octanol–water partition coefficient (Wildman–Crippen LogP) is 4.41. The number of aromatic amines is 1. The summed E-state index contributed by atoms with van der Waals surface area (Å²) < 4.78 is 11.0. The lowest BCUT2D eigenvalue weighted by molar-refractivity contribution is 0.178. The van der Waals surface area contributed by atoms with E-state index in [1.54, 1.807) is 25.1 Å².